The molecule has 1 amide bonds. The molecule has 25 heavy (non-hydrogen) atoms. The summed E-state index contributed by atoms with van der Waals surface area (Å²) in [7, 11) is 0. The van der Waals surface area contributed by atoms with E-state index in [1.54, 1.807) is 12.1 Å². The highest BCUT2D eigenvalue weighted by Crippen LogP contribution is 2.26. The first kappa shape index (κ1) is 19.1. The Kier molecular flexibility index (Phi) is 6.71. The number of nitrogens with one attached hydrogen (secondary N) is 1. The van der Waals surface area contributed by atoms with Crippen LogP contribution < -0.4 is 14.8 Å². The SMILES string of the molecule is CCC(Oc1ccc(Cl)c(C)c1)C(=O)Nc1ccccc1OC(C)C. The van der Waals surface area contributed by atoms with Gasteiger partial charge in [-0.2, -0.15) is 0 Å². The molecule has 0 bridgehead atoms. The fourth-order valence-corrected chi connectivity index (χ4v) is 2.43. The molecule has 1 atom stereocenters. The molecule has 2 aromatic rings. The number of hydrogen-bond donors (Lipinski definition) is 1. The van der Waals surface area contributed by atoms with Crippen molar-refractivity contribution in [2.45, 2.75) is 46.3 Å². The van der Waals surface area contributed by atoms with E-state index in [0.717, 1.165) is 5.56 Å². The molecule has 0 aliphatic heterocycles. The zero-order valence-electron chi connectivity index (χ0n) is 15.0. The number of aryl methyl sites for hydroxylation is 1. The van der Waals surface area contributed by atoms with Gasteiger partial charge in [0.05, 0.1) is 11.8 Å². The zero-order chi connectivity index (χ0) is 18.4. The van der Waals surface area contributed by atoms with E-state index >= 15 is 0 Å². The van der Waals surface area contributed by atoms with Crippen LogP contribution in [-0.2, 0) is 4.79 Å². The van der Waals surface area contributed by atoms with Gasteiger partial charge < -0.3 is 14.8 Å². The number of ether oxygens (including phenoxy) is 2. The molecule has 1 N–H and O–H groups in total. The lowest BCUT2D eigenvalue weighted by Gasteiger charge is -2.19. The van der Waals surface area contributed by atoms with Crippen molar-refractivity contribution in [2.75, 3.05) is 5.32 Å². The number of anilines is 1. The van der Waals surface area contributed by atoms with Gasteiger partial charge in [0, 0.05) is 5.02 Å². The van der Waals surface area contributed by atoms with Crippen LogP contribution in [0.3, 0.4) is 0 Å². The Balaban J connectivity index is 2.11. The molecular weight excluding hydrogens is 338 g/mol. The van der Waals surface area contributed by atoms with Crippen molar-refractivity contribution in [3.05, 3.63) is 53.1 Å². The van der Waals surface area contributed by atoms with Gasteiger partial charge in [0.2, 0.25) is 0 Å². The third-order valence-electron chi connectivity index (χ3n) is 3.58. The van der Waals surface area contributed by atoms with Gasteiger partial charge in [-0.1, -0.05) is 30.7 Å². The van der Waals surface area contributed by atoms with E-state index in [2.05, 4.69) is 5.32 Å². The van der Waals surface area contributed by atoms with E-state index in [9.17, 15) is 4.79 Å². The van der Waals surface area contributed by atoms with E-state index in [0.29, 0.717) is 28.6 Å². The van der Waals surface area contributed by atoms with E-state index in [1.165, 1.54) is 0 Å². The Morgan fingerprint density at radius 3 is 2.52 bits per heavy atom. The van der Waals surface area contributed by atoms with Crippen molar-refractivity contribution in [3.63, 3.8) is 0 Å². The summed E-state index contributed by atoms with van der Waals surface area (Å²) in [5.74, 6) is 1.05. The molecule has 5 heteroatoms. The summed E-state index contributed by atoms with van der Waals surface area (Å²) >= 11 is 6.03. The van der Waals surface area contributed by atoms with Gasteiger partial charge in [0.1, 0.15) is 11.5 Å². The van der Waals surface area contributed by atoms with Gasteiger partial charge in [-0.05, 0) is 63.1 Å². The summed E-state index contributed by atoms with van der Waals surface area (Å²) in [5, 5.41) is 3.57. The van der Waals surface area contributed by atoms with Crippen LogP contribution >= 0.6 is 11.6 Å². The highest BCUT2D eigenvalue weighted by atomic mass is 35.5. The number of amides is 1. The van der Waals surface area contributed by atoms with Gasteiger partial charge in [-0.15, -0.1) is 0 Å². The number of hydrogen-bond acceptors (Lipinski definition) is 3. The Bertz CT molecular complexity index is 731. The van der Waals surface area contributed by atoms with Crippen LogP contribution in [0.5, 0.6) is 11.5 Å². The van der Waals surface area contributed by atoms with Crippen LogP contribution in [-0.4, -0.2) is 18.1 Å². The highest BCUT2D eigenvalue weighted by Gasteiger charge is 2.20. The molecule has 0 radical (unpaired) electrons. The minimum atomic E-state index is -0.604. The van der Waals surface area contributed by atoms with Gasteiger partial charge >= 0.3 is 0 Å². The van der Waals surface area contributed by atoms with E-state index in [-0.39, 0.29) is 12.0 Å². The van der Waals surface area contributed by atoms with E-state index in [4.69, 9.17) is 21.1 Å². The second-order valence-electron chi connectivity index (χ2n) is 6.08. The Morgan fingerprint density at radius 1 is 1.16 bits per heavy atom. The first-order valence-electron chi connectivity index (χ1n) is 8.40. The van der Waals surface area contributed by atoms with Gasteiger partial charge in [-0.3, -0.25) is 4.79 Å². The number of halogens is 1. The molecule has 0 saturated heterocycles. The average molecular weight is 362 g/mol. The second-order valence-corrected chi connectivity index (χ2v) is 6.48. The molecule has 1 unspecified atom stereocenters. The summed E-state index contributed by atoms with van der Waals surface area (Å²) < 4.78 is 11.6. The minimum Gasteiger partial charge on any atom is -0.489 e. The number of benzene rings is 2. The summed E-state index contributed by atoms with van der Waals surface area (Å²) in [6, 6.07) is 12.7. The molecule has 0 spiro atoms. The van der Waals surface area contributed by atoms with Crippen molar-refractivity contribution >= 4 is 23.2 Å². The van der Waals surface area contributed by atoms with E-state index < -0.39 is 6.10 Å². The molecule has 2 rings (SSSR count). The van der Waals surface area contributed by atoms with E-state index in [1.807, 2.05) is 58.0 Å². The monoisotopic (exact) mass is 361 g/mol. The first-order chi connectivity index (χ1) is 11.9. The fraction of sp³-hybridized carbons (Fsp3) is 0.350. The van der Waals surface area contributed by atoms with Gasteiger partial charge in [0.25, 0.3) is 5.91 Å². The van der Waals surface area contributed by atoms with Crippen LogP contribution in [0.2, 0.25) is 5.02 Å². The average Bonchev–Trinajstić information content (AvgIpc) is 2.57. The third kappa shape index (κ3) is 5.40. The van der Waals surface area contributed by atoms with Crippen molar-refractivity contribution in [2.24, 2.45) is 0 Å². The Morgan fingerprint density at radius 2 is 1.88 bits per heavy atom. The topological polar surface area (TPSA) is 47.6 Å². The first-order valence-corrected chi connectivity index (χ1v) is 8.77. The standard InChI is InChI=1S/C20H24ClNO3/c1-5-18(25-15-10-11-16(21)14(4)12-15)20(23)22-17-8-6-7-9-19(17)24-13(2)3/h6-13,18H,5H2,1-4H3,(H,22,23). The van der Waals surface area contributed by atoms with Crippen molar-refractivity contribution in [3.8, 4) is 11.5 Å². The number of carbonyl (C=O) groups is 1. The molecule has 0 saturated carbocycles. The molecule has 0 fully saturated rings. The lowest BCUT2D eigenvalue weighted by Crippen LogP contribution is -2.32. The minimum absolute atomic E-state index is 0.0216. The largest absolute Gasteiger partial charge is 0.489 e. The molecule has 0 heterocycles. The Labute approximate surface area is 154 Å². The van der Waals surface area contributed by atoms with Crippen LogP contribution in [0.25, 0.3) is 0 Å². The van der Waals surface area contributed by atoms with Crippen LogP contribution in [0.1, 0.15) is 32.8 Å². The summed E-state index contributed by atoms with van der Waals surface area (Å²) in [6.45, 7) is 7.69. The smallest absolute Gasteiger partial charge is 0.265 e. The lowest BCUT2D eigenvalue weighted by molar-refractivity contribution is -0.122. The number of carbonyl (C=O) groups excluding carboxylic acids is 1. The maximum atomic E-state index is 12.6. The summed E-state index contributed by atoms with van der Waals surface area (Å²) in [5.41, 5.74) is 1.54. The van der Waals surface area contributed by atoms with Gasteiger partial charge in [-0.25, -0.2) is 0 Å². The molecule has 0 aliphatic carbocycles. The quantitative estimate of drug-likeness (QED) is 0.734. The normalized spacial score (nSPS) is 11.9. The zero-order valence-corrected chi connectivity index (χ0v) is 15.8. The predicted octanol–water partition coefficient (Wildman–Crippen LogP) is 5.23. The molecule has 0 aliphatic rings. The third-order valence-corrected chi connectivity index (χ3v) is 4.00. The predicted molar refractivity (Wildman–Crippen MR) is 102 cm³/mol. The molecule has 2 aromatic carbocycles. The maximum absolute atomic E-state index is 12.6. The second kappa shape index (κ2) is 8.77. The van der Waals surface area contributed by atoms with Crippen molar-refractivity contribution in [1.29, 1.82) is 0 Å². The molecular formula is C20H24ClNO3. The molecule has 0 aromatic heterocycles. The van der Waals surface area contributed by atoms with Gasteiger partial charge in [0.15, 0.2) is 6.10 Å². The molecule has 134 valence electrons. The highest BCUT2D eigenvalue weighted by molar-refractivity contribution is 6.31. The number of rotatable bonds is 7. The summed E-state index contributed by atoms with van der Waals surface area (Å²) in [6.07, 6.45) is -0.0400. The fourth-order valence-electron chi connectivity index (χ4n) is 2.32. The van der Waals surface area contributed by atoms with Crippen LogP contribution in [0.15, 0.2) is 42.5 Å². The maximum Gasteiger partial charge on any atom is 0.265 e. The van der Waals surface area contributed by atoms with Crippen molar-refractivity contribution in [1.82, 2.24) is 0 Å². The summed E-state index contributed by atoms with van der Waals surface area (Å²) in [4.78, 5) is 12.6. The van der Waals surface area contributed by atoms with Crippen LogP contribution in [0, 0.1) is 6.92 Å². The molecule has 4 nitrogen and oxygen atoms in total. The Hall–Kier alpha value is -2.20. The van der Waals surface area contributed by atoms with Crippen LogP contribution in [0.4, 0.5) is 5.69 Å². The lowest BCUT2D eigenvalue weighted by atomic mass is 10.2. The number of para-hydroxylation sites is 2. The van der Waals surface area contributed by atoms with Crippen molar-refractivity contribution < 1.29 is 14.3 Å².